The van der Waals surface area contributed by atoms with Crippen molar-refractivity contribution in [2.24, 2.45) is 5.73 Å². The van der Waals surface area contributed by atoms with Crippen LogP contribution in [0.2, 0.25) is 0 Å². The van der Waals surface area contributed by atoms with E-state index in [1.165, 1.54) is 26.4 Å². The van der Waals surface area contributed by atoms with Crippen molar-refractivity contribution in [3.05, 3.63) is 17.7 Å². The van der Waals surface area contributed by atoms with Gasteiger partial charge in [-0.2, -0.15) is 0 Å². The molecule has 0 aliphatic heterocycles. The van der Waals surface area contributed by atoms with Crippen LogP contribution >= 0.6 is 0 Å². The fourth-order valence-corrected chi connectivity index (χ4v) is 1.32. The number of benzene rings is 1. The van der Waals surface area contributed by atoms with Crippen LogP contribution in [0, 0.1) is 0 Å². The van der Waals surface area contributed by atoms with E-state index in [9.17, 15) is 4.79 Å². The average Bonchev–Trinajstić information content (AvgIpc) is 2.34. The number of ether oxygens (including phenoxy) is 3. The molecule has 0 unspecified atom stereocenters. The number of rotatable bonds is 6. The third-order valence-electron chi connectivity index (χ3n) is 2.09. The molecule has 0 aromatic heterocycles. The fraction of sp³-hybridized carbons (Fsp3) is 0.364. The van der Waals surface area contributed by atoms with Gasteiger partial charge in [0.2, 0.25) is 0 Å². The third-order valence-corrected chi connectivity index (χ3v) is 2.09. The molecule has 1 aromatic rings. The molecule has 0 atom stereocenters. The molecule has 3 N–H and O–H groups in total. The van der Waals surface area contributed by atoms with Crippen molar-refractivity contribution >= 4 is 5.97 Å². The van der Waals surface area contributed by atoms with Crippen molar-refractivity contribution in [2.75, 3.05) is 27.4 Å². The lowest BCUT2D eigenvalue weighted by molar-refractivity contribution is 0.0692. The lowest BCUT2D eigenvalue weighted by Gasteiger charge is -2.13. The van der Waals surface area contributed by atoms with Crippen molar-refractivity contribution in [1.82, 2.24) is 0 Å². The first kappa shape index (κ1) is 13.1. The van der Waals surface area contributed by atoms with Gasteiger partial charge in [-0.1, -0.05) is 0 Å². The summed E-state index contributed by atoms with van der Waals surface area (Å²) in [7, 11) is 2.90. The van der Waals surface area contributed by atoms with Gasteiger partial charge in [0.1, 0.15) is 17.9 Å². The van der Waals surface area contributed by atoms with Crippen LogP contribution in [0.15, 0.2) is 12.1 Å². The second kappa shape index (κ2) is 5.95. The van der Waals surface area contributed by atoms with Crippen molar-refractivity contribution in [1.29, 1.82) is 0 Å². The van der Waals surface area contributed by atoms with Gasteiger partial charge in [0.25, 0.3) is 0 Å². The molecular weight excluding hydrogens is 226 g/mol. The van der Waals surface area contributed by atoms with Gasteiger partial charge in [0, 0.05) is 18.7 Å². The Balaban J connectivity index is 3.19. The highest BCUT2D eigenvalue weighted by atomic mass is 16.5. The predicted octanol–water partition coefficient (Wildman–Crippen LogP) is 0.740. The number of aromatic carboxylic acids is 1. The third kappa shape index (κ3) is 3.01. The Morgan fingerprint density at radius 3 is 2.29 bits per heavy atom. The minimum Gasteiger partial charge on any atom is -0.493 e. The second-order valence-electron chi connectivity index (χ2n) is 3.15. The summed E-state index contributed by atoms with van der Waals surface area (Å²) < 4.78 is 15.3. The highest BCUT2D eigenvalue weighted by Crippen LogP contribution is 2.34. The van der Waals surface area contributed by atoms with Crippen LogP contribution < -0.4 is 19.9 Å². The lowest BCUT2D eigenvalue weighted by atomic mass is 10.1. The molecule has 0 bridgehead atoms. The number of carboxylic acids is 1. The maximum absolute atomic E-state index is 11.0. The van der Waals surface area contributed by atoms with E-state index in [0.717, 1.165) is 0 Å². The first-order chi connectivity index (χ1) is 8.13. The van der Waals surface area contributed by atoms with Crippen LogP contribution in [-0.4, -0.2) is 38.4 Å². The van der Waals surface area contributed by atoms with Gasteiger partial charge < -0.3 is 25.1 Å². The number of hydrogen-bond donors (Lipinski definition) is 2. The molecule has 0 fully saturated rings. The smallest absolute Gasteiger partial charge is 0.339 e. The predicted molar refractivity (Wildman–Crippen MR) is 61.1 cm³/mol. The summed E-state index contributed by atoms with van der Waals surface area (Å²) in [5, 5.41) is 9.04. The maximum atomic E-state index is 11.0. The van der Waals surface area contributed by atoms with E-state index in [1.807, 2.05) is 0 Å². The van der Waals surface area contributed by atoms with Crippen molar-refractivity contribution in [3.8, 4) is 17.2 Å². The maximum Gasteiger partial charge on any atom is 0.339 e. The van der Waals surface area contributed by atoms with Gasteiger partial charge in [-0.05, 0) is 0 Å². The van der Waals surface area contributed by atoms with E-state index >= 15 is 0 Å². The summed E-state index contributed by atoms with van der Waals surface area (Å²) >= 11 is 0. The van der Waals surface area contributed by atoms with Crippen molar-refractivity contribution in [3.63, 3.8) is 0 Å². The zero-order valence-electron chi connectivity index (χ0n) is 9.73. The molecule has 17 heavy (non-hydrogen) atoms. The van der Waals surface area contributed by atoms with Gasteiger partial charge in [-0.3, -0.25) is 0 Å². The fourth-order valence-electron chi connectivity index (χ4n) is 1.32. The first-order valence-electron chi connectivity index (χ1n) is 4.96. The quantitative estimate of drug-likeness (QED) is 0.763. The van der Waals surface area contributed by atoms with Gasteiger partial charge in [-0.15, -0.1) is 0 Å². The molecule has 6 nitrogen and oxygen atoms in total. The Labute approximate surface area is 98.9 Å². The molecule has 94 valence electrons. The molecule has 0 amide bonds. The standard InChI is InChI=1S/C11H15NO5/c1-15-9-5-7(11(13)14)8(17-4-3-12)6-10(9)16-2/h5-6H,3-4,12H2,1-2H3,(H,13,14). The van der Waals surface area contributed by atoms with Gasteiger partial charge in [0.15, 0.2) is 11.5 Å². The van der Waals surface area contributed by atoms with E-state index in [4.69, 9.17) is 25.1 Å². The van der Waals surface area contributed by atoms with Crippen molar-refractivity contribution in [2.45, 2.75) is 0 Å². The first-order valence-corrected chi connectivity index (χ1v) is 4.96. The van der Waals surface area contributed by atoms with E-state index < -0.39 is 5.97 Å². The summed E-state index contributed by atoms with van der Waals surface area (Å²) in [6.07, 6.45) is 0. The Morgan fingerprint density at radius 1 is 1.24 bits per heavy atom. The van der Waals surface area contributed by atoms with E-state index in [-0.39, 0.29) is 17.9 Å². The SMILES string of the molecule is COc1cc(OCCN)c(C(=O)O)cc1OC. The minimum absolute atomic E-state index is 0.0103. The van der Waals surface area contributed by atoms with Gasteiger partial charge in [-0.25, -0.2) is 4.79 Å². The Morgan fingerprint density at radius 2 is 1.82 bits per heavy atom. The number of carbonyl (C=O) groups is 1. The van der Waals surface area contributed by atoms with Crippen molar-refractivity contribution < 1.29 is 24.1 Å². The molecule has 0 heterocycles. The average molecular weight is 241 g/mol. The molecule has 0 saturated heterocycles. The normalized spacial score (nSPS) is 9.82. The number of hydrogen-bond acceptors (Lipinski definition) is 5. The summed E-state index contributed by atoms with van der Waals surface area (Å²) in [5.41, 5.74) is 5.31. The second-order valence-corrected chi connectivity index (χ2v) is 3.15. The highest BCUT2D eigenvalue weighted by molar-refractivity contribution is 5.92. The molecular formula is C11H15NO5. The van der Waals surface area contributed by atoms with Crippen LogP contribution in [0.3, 0.4) is 0 Å². The minimum atomic E-state index is -1.10. The molecule has 0 saturated carbocycles. The zero-order valence-corrected chi connectivity index (χ0v) is 9.73. The van der Waals surface area contributed by atoms with E-state index in [2.05, 4.69) is 0 Å². The van der Waals surface area contributed by atoms with Gasteiger partial charge >= 0.3 is 5.97 Å². The zero-order chi connectivity index (χ0) is 12.8. The molecule has 0 radical (unpaired) electrons. The summed E-state index contributed by atoms with van der Waals surface area (Å²) in [4.78, 5) is 11.0. The molecule has 0 aliphatic carbocycles. The number of methoxy groups -OCH3 is 2. The molecule has 0 spiro atoms. The van der Waals surface area contributed by atoms with E-state index in [1.54, 1.807) is 0 Å². The molecule has 0 aliphatic rings. The summed E-state index contributed by atoms with van der Waals surface area (Å²) in [5.74, 6) is -0.145. The largest absolute Gasteiger partial charge is 0.493 e. The van der Waals surface area contributed by atoms with Crippen LogP contribution in [0.4, 0.5) is 0 Å². The number of carboxylic acid groups (broad SMARTS) is 1. The van der Waals surface area contributed by atoms with Crippen LogP contribution in [0.5, 0.6) is 17.2 Å². The topological polar surface area (TPSA) is 91.0 Å². The molecule has 1 rings (SSSR count). The molecule has 1 aromatic carbocycles. The van der Waals surface area contributed by atoms with Gasteiger partial charge in [0.05, 0.1) is 14.2 Å². The Bertz CT molecular complexity index is 405. The monoisotopic (exact) mass is 241 g/mol. The summed E-state index contributed by atoms with van der Waals surface area (Å²) in [6, 6.07) is 2.82. The van der Waals surface area contributed by atoms with E-state index in [0.29, 0.717) is 18.0 Å². The van der Waals surface area contributed by atoms with Crippen LogP contribution in [-0.2, 0) is 0 Å². The van der Waals surface area contributed by atoms with Crippen LogP contribution in [0.1, 0.15) is 10.4 Å². The Hall–Kier alpha value is -1.95. The lowest BCUT2D eigenvalue weighted by Crippen LogP contribution is -2.13. The highest BCUT2D eigenvalue weighted by Gasteiger charge is 2.17. The van der Waals surface area contributed by atoms with Crippen LogP contribution in [0.25, 0.3) is 0 Å². The summed E-state index contributed by atoms with van der Waals surface area (Å²) in [6.45, 7) is 0.531. The molecule has 6 heteroatoms. The Kier molecular flexibility index (Phi) is 4.59. The number of nitrogens with two attached hydrogens (primary N) is 1.